The molecule has 2 heterocycles. The minimum absolute atomic E-state index is 0.0535. The Kier molecular flexibility index (Phi) is 3.01. The Morgan fingerprint density at radius 1 is 1.14 bits per heavy atom. The minimum atomic E-state index is -0.139. The van der Waals surface area contributed by atoms with Crippen molar-refractivity contribution >= 4 is 22.5 Å². The average Bonchev–Trinajstić information content (AvgIpc) is 2.85. The summed E-state index contributed by atoms with van der Waals surface area (Å²) in [6, 6.07) is 9.68. The van der Waals surface area contributed by atoms with Crippen LogP contribution in [-0.4, -0.2) is 20.4 Å². The molecule has 0 bridgehead atoms. The van der Waals surface area contributed by atoms with Crippen molar-refractivity contribution in [3.8, 4) is 5.88 Å². The molecule has 0 saturated heterocycles. The topological polar surface area (TPSA) is 84.1 Å². The highest BCUT2D eigenvalue weighted by Gasteiger charge is 2.15. The van der Waals surface area contributed by atoms with Gasteiger partial charge in [-0.25, -0.2) is 4.63 Å². The molecule has 0 aliphatic rings. The number of rotatable bonds is 2. The van der Waals surface area contributed by atoms with E-state index < -0.39 is 0 Å². The molecule has 3 aromatic rings. The Hall–Kier alpha value is -2.63. The van der Waals surface area contributed by atoms with Crippen LogP contribution < -0.4 is 5.32 Å². The van der Waals surface area contributed by atoms with Crippen molar-refractivity contribution in [3.05, 3.63) is 35.9 Å². The second-order valence-electron chi connectivity index (χ2n) is 5.92. The van der Waals surface area contributed by atoms with Gasteiger partial charge >= 0.3 is 0 Å². The molecule has 0 atom stereocenters. The summed E-state index contributed by atoms with van der Waals surface area (Å²) in [6.45, 7) is 6.45. The van der Waals surface area contributed by atoms with E-state index >= 15 is 0 Å². The van der Waals surface area contributed by atoms with Crippen molar-refractivity contribution < 1.29 is 9.74 Å². The monoisotopic (exact) mass is 284 g/mol. The van der Waals surface area contributed by atoms with Crippen LogP contribution in [0.15, 0.2) is 35.0 Å². The average molecular weight is 284 g/mol. The van der Waals surface area contributed by atoms with Gasteiger partial charge in [-0.3, -0.25) is 0 Å². The Balaban J connectivity index is 1.96. The van der Waals surface area contributed by atoms with Gasteiger partial charge in [0.25, 0.3) is 0 Å². The van der Waals surface area contributed by atoms with Crippen molar-refractivity contribution in [2.24, 2.45) is 0 Å². The molecule has 0 aliphatic carbocycles. The first kappa shape index (κ1) is 13.4. The number of fused-ring (bicyclic) bond motifs is 1. The van der Waals surface area contributed by atoms with Gasteiger partial charge in [-0.1, -0.05) is 32.9 Å². The lowest BCUT2D eigenvalue weighted by atomic mass is 9.87. The molecule has 0 radical (unpaired) electrons. The lowest BCUT2D eigenvalue weighted by Gasteiger charge is -2.20. The second kappa shape index (κ2) is 4.73. The first-order valence-corrected chi connectivity index (χ1v) is 6.63. The molecule has 0 aliphatic heterocycles. The normalized spacial score (nSPS) is 11.8. The highest BCUT2D eigenvalue weighted by Crippen LogP contribution is 2.30. The van der Waals surface area contributed by atoms with Crippen LogP contribution in [0, 0.1) is 0 Å². The lowest BCUT2D eigenvalue weighted by Crippen LogP contribution is -2.11. The molecule has 2 N–H and O–H groups in total. The maximum atomic E-state index is 9.93. The van der Waals surface area contributed by atoms with E-state index in [0.29, 0.717) is 11.2 Å². The van der Waals surface area contributed by atoms with Gasteiger partial charge < -0.3 is 10.4 Å². The van der Waals surface area contributed by atoms with Gasteiger partial charge in [-0.15, -0.1) is 0 Å². The third-order valence-electron chi connectivity index (χ3n) is 3.24. The van der Waals surface area contributed by atoms with Crippen LogP contribution in [0.1, 0.15) is 26.3 Å². The van der Waals surface area contributed by atoms with E-state index in [1.54, 1.807) is 6.07 Å². The maximum Gasteiger partial charge on any atom is 0.237 e. The summed E-state index contributed by atoms with van der Waals surface area (Å²) in [5.41, 5.74) is 3.35. The minimum Gasteiger partial charge on any atom is -0.492 e. The molecule has 21 heavy (non-hydrogen) atoms. The number of nitrogens with one attached hydrogen (secondary N) is 1. The quantitative estimate of drug-likeness (QED) is 0.750. The largest absolute Gasteiger partial charge is 0.492 e. The first-order valence-electron chi connectivity index (χ1n) is 6.63. The van der Waals surface area contributed by atoms with E-state index in [9.17, 15) is 5.11 Å². The van der Waals surface area contributed by atoms with E-state index in [4.69, 9.17) is 0 Å². The van der Waals surface area contributed by atoms with E-state index in [1.165, 1.54) is 5.56 Å². The molecular formula is C15H16N4O2. The summed E-state index contributed by atoms with van der Waals surface area (Å²) in [5, 5.41) is 20.4. The summed E-state index contributed by atoms with van der Waals surface area (Å²) >= 11 is 0. The highest BCUT2D eigenvalue weighted by molar-refractivity contribution is 5.78. The summed E-state index contributed by atoms with van der Waals surface area (Å²) < 4.78 is 4.59. The second-order valence-corrected chi connectivity index (χ2v) is 5.92. The molecule has 6 heteroatoms. The summed E-state index contributed by atoms with van der Waals surface area (Å²) in [6.07, 6.45) is 0. The van der Waals surface area contributed by atoms with Crippen molar-refractivity contribution in [1.82, 2.24) is 15.3 Å². The Labute approximate surface area is 121 Å². The van der Waals surface area contributed by atoms with Crippen molar-refractivity contribution in [3.63, 3.8) is 0 Å². The standard InChI is InChI=1S/C15H16N4O2/c1-15(2,3)9-5-4-6-10(7-9)16-12-8-11-13(17-14(12)20)19-21-18-11/h4-8,16H,1-3H3,(H,17,19,20). The van der Waals surface area contributed by atoms with Crippen LogP contribution in [-0.2, 0) is 5.41 Å². The number of hydrogen-bond acceptors (Lipinski definition) is 6. The maximum absolute atomic E-state index is 9.93. The van der Waals surface area contributed by atoms with Crippen LogP contribution >= 0.6 is 0 Å². The fourth-order valence-corrected chi connectivity index (χ4v) is 2.03. The Morgan fingerprint density at radius 2 is 1.95 bits per heavy atom. The third-order valence-corrected chi connectivity index (χ3v) is 3.24. The van der Waals surface area contributed by atoms with Gasteiger partial charge in [0.15, 0.2) is 5.52 Å². The molecule has 0 unspecified atom stereocenters. The molecule has 0 fully saturated rings. The van der Waals surface area contributed by atoms with Crippen LogP contribution in [0.3, 0.4) is 0 Å². The van der Waals surface area contributed by atoms with Crippen LogP contribution in [0.2, 0.25) is 0 Å². The van der Waals surface area contributed by atoms with Gasteiger partial charge in [0, 0.05) is 11.8 Å². The zero-order valence-electron chi connectivity index (χ0n) is 12.1. The lowest BCUT2D eigenvalue weighted by molar-refractivity contribution is 0.314. The number of nitrogens with zero attached hydrogens (tertiary/aromatic N) is 3. The van der Waals surface area contributed by atoms with Gasteiger partial charge in [-0.05, 0) is 33.4 Å². The highest BCUT2D eigenvalue weighted by atomic mass is 16.6. The predicted octanol–water partition coefficient (Wildman–Crippen LogP) is 3.36. The van der Waals surface area contributed by atoms with Gasteiger partial charge in [0.05, 0.1) is 0 Å². The summed E-state index contributed by atoms with van der Waals surface area (Å²) in [5.74, 6) is -0.139. The molecule has 6 nitrogen and oxygen atoms in total. The van der Waals surface area contributed by atoms with E-state index in [2.05, 4.69) is 52.1 Å². The summed E-state index contributed by atoms with van der Waals surface area (Å²) in [4.78, 5) is 3.93. The summed E-state index contributed by atoms with van der Waals surface area (Å²) in [7, 11) is 0. The molecular weight excluding hydrogens is 268 g/mol. The number of hydrogen-bond donors (Lipinski definition) is 2. The number of pyridine rings is 1. The van der Waals surface area contributed by atoms with Crippen LogP contribution in [0.5, 0.6) is 5.88 Å². The number of anilines is 2. The van der Waals surface area contributed by atoms with Crippen molar-refractivity contribution in [1.29, 1.82) is 0 Å². The van der Waals surface area contributed by atoms with Crippen LogP contribution in [0.4, 0.5) is 11.4 Å². The number of aromatic hydroxyl groups is 1. The van der Waals surface area contributed by atoms with E-state index in [-0.39, 0.29) is 16.9 Å². The SMILES string of the molecule is CC(C)(C)c1cccc(Nc2cc3nonc3nc2O)c1. The first-order chi connectivity index (χ1) is 9.93. The molecule has 0 amide bonds. The van der Waals surface area contributed by atoms with Crippen LogP contribution in [0.25, 0.3) is 11.2 Å². The zero-order chi connectivity index (χ0) is 15.0. The molecule has 2 aromatic heterocycles. The predicted molar refractivity (Wildman–Crippen MR) is 79.7 cm³/mol. The van der Waals surface area contributed by atoms with Gasteiger partial charge in [-0.2, -0.15) is 4.98 Å². The molecule has 108 valence electrons. The Morgan fingerprint density at radius 3 is 2.71 bits per heavy atom. The molecule has 1 aromatic carbocycles. The van der Waals surface area contributed by atoms with Crippen molar-refractivity contribution in [2.75, 3.05) is 5.32 Å². The fourth-order valence-electron chi connectivity index (χ4n) is 2.03. The molecule has 3 rings (SSSR count). The number of aromatic nitrogens is 3. The fraction of sp³-hybridized carbons (Fsp3) is 0.267. The smallest absolute Gasteiger partial charge is 0.237 e. The van der Waals surface area contributed by atoms with E-state index in [1.807, 2.05) is 18.2 Å². The molecule has 0 saturated carbocycles. The number of benzene rings is 1. The van der Waals surface area contributed by atoms with Crippen molar-refractivity contribution in [2.45, 2.75) is 26.2 Å². The third kappa shape index (κ3) is 2.65. The van der Waals surface area contributed by atoms with E-state index in [0.717, 1.165) is 5.69 Å². The van der Waals surface area contributed by atoms with Gasteiger partial charge in [0.1, 0.15) is 5.69 Å². The van der Waals surface area contributed by atoms with Gasteiger partial charge in [0.2, 0.25) is 11.5 Å². The molecule has 0 spiro atoms. The zero-order valence-corrected chi connectivity index (χ0v) is 12.1. The Bertz CT molecular complexity index is 790.